The zero-order chi connectivity index (χ0) is 21.7. The number of ether oxygens (including phenoxy) is 1. The number of sulfonamides is 1. The van der Waals surface area contributed by atoms with Crippen molar-refractivity contribution in [1.82, 2.24) is 9.97 Å². The van der Waals surface area contributed by atoms with Gasteiger partial charge in [-0.25, -0.2) is 23.1 Å². The number of anilines is 2. The molecule has 0 fully saturated rings. The quantitative estimate of drug-likeness (QED) is 0.597. The van der Waals surface area contributed by atoms with E-state index in [1.807, 2.05) is 13.8 Å². The Morgan fingerprint density at radius 3 is 2.27 bits per heavy atom. The summed E-state index contributed by atoms with van der Waals surface area (Å²) < 4.78 is 32.9. The van der Waals surface area contributed by atoms with Gasteiger partial charge < -0.3 is 10.1 Å². The third-order valence-electron chi connectivity index (χ3n) is 3.93. The number of hydrogen-bond donors (Lipinski definition) is 2. The first-order valence-electron chi connectivity index (χ1n) is 9.23. The molecule has 156 valence electrons. The summed E-state index contributed by atoms with van der Waals surface area (Å²) in [6.45, 7) is 5.59. The number of carbonyl (C=O) groups is 1. The summed E-state index contributed by atoms with van der Waals surface area (Å²) in [7, 11) is -3.84. The lowest BCUT2D eigenvalue weighted by Gasteiger charge is -2.11. The van der Waals surface area contributed by atoms with Crippen LogP contribution in [0.15, 0.2) is 65.7 Å². The molecule has 1 heterocycles. The van der Waals surface area contributed by atoms with Gasteiger partial charge in [-0.15, -0.1) is 0 Å². The second kappa shape index (κ2) is 8.91. The minimum absolute atomic E-state index is 0.00253. The molecule has 1 amide bonds. The molecule has 0 radical (unpaired) electrons. The van der Waals surface area contributed by atoms with Gasteiger partial charge in [0.05, 0.1) is 11.0 Å². The molecule has 3 rings (SSSR count). The molecule has 0 bridgehead atoms. The molecular formula is C21H22N4O4S. The molecule has 8 nitrogen and oxygen atoms in total. The molecule has 9 heteroatoms. The highest BCUT2D eigenvalue weighted by Gasteiger charge is 2.16. The van der Waals surface area contributed by atoms with Gasteiger partial charge >= 0.3 is 0 Å². The highest BCUT2D eigenvalue weighted by atomic mass is 32.2. The second-order valence-electron chi connectivity index (χ2n) is 6.80. The van der Waals surface area contributed by atoms with E-state index in [1.165, 1.54) is 30.5 Å². The summed E-state index contributed by atoms with van der Waals surface area (Å²) in [6.07, 6.45) is 1.52. The molecule has 30 heavy (non-hydrogen) atoms. The lowest BCUT2D eigenvalue weighted by atomic mass is 10.2. The molecular weight excluding hydrogens is 404 g/mol. The maximum Gasteiger partial charge on any atom is 0.264 e. The largest absolute Gasteiger partial charge is 0.491 e. The molecule has 0 unspecified atom stereocenters. The van der Waals surface area contributed by atoms with Crippen molar-refractivity contribution in [1.29, 1.82) is 0 Å². The van der Waals surface area contributed by atoms with E-state index in [0.29, 0.717) is 22.7 Å². The number of aromatic nitrogens is 2. The molecule has 2 N–H and O–H groups in total. The molecule has 0 atom stereocenters. The maximum absolute atomic E-state index is 12.5. The molecule has 0 aliphatic carbocycles. The Labute approximate surface area is 175 Å². The summed E-state index contributed by atoms with van der Waals surface area (Å²) in [4.78, 5) is 20.4. The van der Waals surface area contributed by atoms with E-state index < -0.39 is 10.0 Å². The van der Waals surface area contributed by atoms with E-state index in [2.05, 4.69) is 20.0 Å². The average molecular weight is 426 g/mol. The number of amides is 1. The van der Waals surface area contributed by atoms with Crippen LogP contribution in [0.4, 0.5) is 11.6 Å². The Balaban J connectivity index is 1.67. The van der Waals surface area contributed by atoms with Gasteiger partial charge in [0.25, 0.3) is 15.9 Å². The first-order chi connectivity index (χ1) is 14.2. The van der Waals surface area contributed by atoms with Crippen LogP contribution in [0, 0.1) is 6.92 Å². The van der Waals surface area contributed by atoms with Gasteiger partial charge in [0.15, 0.2) is 0 Å². The fourth-order valence-corrected chi connectivity index (χ4v) is 3.51. The standard InChI is InChI=1S/C21H22N4O4S/c1-14(2)29-18-8-4-16(5-9-18)20(26)24-17-6-10-19(11-7-17)30(27,28)25-21-22-13-12-15(3)23-21/h4-14H,1-3H3,(H,24,26)(H,22,23,25). The first kappa shape index (κ1) is 21.3. The molecule has 0 saturated carbocycles. The lowest BCUT2D eigenvalue weighted by Crippen LogP contribution is -2.16. The van der Waals surface area contributed by atoms with Crippen molar-refractivity contribution >= 4 is 27.6 Å². The molecule has 3 aromatic rings. The van der Waals surface area contributed by atoms with Crippen LogP contribution in [0.25, 0.3) is 0 Å². The predicted octanol–water partition coefficient (Wildman–Crippen LogP) is 3.63. The number of hydrogen-bond acceptors (Lipinski definition) is 6. The summed E-state index contributed by atoms with van der Waals surface area (Å²) in [6, 6.07) is 14.3. The van der Waals surface area contributed by atoms with Crippen molar-refractivity contribution in [3.8, 4) is 5.75 Å². The van der Waals surface area contributed by atoms with E-state index in [4.69, 9.17) is 4.74 Å². The Kier molecular flexibility index (Phi) is 6.31. The fraction of sp³-hybridized carbons (Fsp3) is 0.190. The van der Waals surface area contributed by atoms with Gasteiger partial charge in [-0.2, -0.15) is 0 Å². The van der Waals surface area contributed by atoms with Gasteiger partial charge in [-0.3, -0.25) is 4.79 Å². The third-order valence-corrected chi connectivity index (χ3v) is 5.28. The molecule has 1 aromatic heterocycles. The topological polar surface area (TPSA) is 110 Å². The van der Waals surface area contributed by atoms with Crippen LogP contribution in [-0.4, -0.2) is 30.4 Å². The van der Waals surface area contributed by atoms with Crippen LogP contribution in [-0.2, 0) is 10.0 Å². The minimum atomic E-state index is -3.84. The number of carbonyl (C=O) groups excluding carboxylic acids is 1. The van der Waals surface area contributed by atoms with Crippen molar-refractivity contribution in [2.24, 2.45) is 0 Å². The highest BCUT2D eigenvalue weighted by Crippen LogP contribution is 2.18. The normalized spacial score (nSPS) is 11.2. The number of rotatable bonds is 7. The smallest absolute Gasteiger partial charge is 0.264 e. The minimum Gasteiger partial charge on any atom is -0.491 e. The highest BCUT2D eigenvalue weighted by molar-refractivity contribution is 7.92. The predicted molar refractivity (Wildman–Crippen MR) is 114 cm³/mol. The van der Waals surface area contributed by atoms with Gasteiger partial charge in [0.2, 0.25) is 5.95 Å². The summed E-state index contributed by atoms with van der Waals surface area (Å²) >= 11 is 0. The van der Waals surface area contributed by atoms with Crippen molar-refractivity contribution in [3.05, 3.63) is 72.1 Å². The SMILES string of the molecule is Cc1ccnc(NS(=O)(=O)c2ccc(NC(=O)c3ccc(OC(C)C)cc3)cc2)n1. The van der Waals surface area contributed by atoms with E-state index in [-0.39, 0.29) is 22.9 Å². The molecule has 2 aromatic carbocycles. The van der Waals surface area contributed by atoms with Gasteiger partial charge in [0.1, 0.15) is 5.75 Å². The Hall–Kier alpha value is -3.46. The summed E-state index contributed by atoms with van der Waals surface area (Å²) in [5, 5.41) is 2.73. The van der Waals surface area contributed by atoms with Gasteiger partial charge in [-0.05, 0) is 75.4 Å². The Bertz CT molecular complexity index is 1130. The molecule has 0 aliphatic rings. The fourth-order valence-electron chi connectivity index (χ4n) is 2.55. The first-order valence-corrected chi connectivity index (χ1v) is 10.7. The summed E-state index contributed by atoms with van der Waals surface area (Å²) in [5.41, 5.74) is 1.57. The Morgan fingerprint density at radius 1 is 1.00 bits per heavy atom. The van der Waals surface area contributed by atoms with E-state index in [0.717, 1.165) is 0 Å². The maximum atomic E-state index is 12.5. The third kappa shape index (κ3) is 5.54. The second-order valence-corrected chi connectivity index (χ2v) is 8.48. The van der Waals surface area contributed by atoms with E-state index >= 15 is 0 Å². The number of nitrogens with one attached hydrogen (secondary N) is 2. The van der Waals surface area contributed by atoms with Crippen molar-refractivity contribution in [3.63, 3.8) is 0 Å². The van der Waals surface area contributed by atoms with Crippen LogP contribution < -0.4 is 14.8 Å². The van der Waals surface area contributed by atoms with E-state index in [1.54, 1.807) is 37.3 Å². The van der Waals surface area contributed by atoms with Crippen molar-refractivity contribution in [2.75, 3.05) is 10.0 Å². The van der Waals surface area contributed by atoms with Crippen LogP contribution >= 0.6 is 0 Å². The number of aryl methyl sites for hydroxylation is 1. The van der Waals surface area contributed by atoms with E-state index in [9.17, 15) is 13.2 Å². The molecule has 0 spiro atoms. The van der Waals surface area contributed by atoms with Gasteiger partial charge in [-0.1, -0.05) is 0 Å². The van der Waals surface area contributed by atoms with Crippen LogP contribution in [0.2, 0.25) is 0 Å². The zero-order valence-electron chi connectivity index (χ0n) is 16.8. The monoisotopic (exact) mass is 426 g/mol. The molecule has 0 aliphatic heterocycles. The summed E-state index contributed by atoms with van der Waals surface area (Å²) in [5.74, 6) is 0.367. The number of nitrogens with zero attached hydrogens (tertiary/aromatic N) is 2. The number of benzene rings is 2. The average Bonchev–Trinajstić information content (AvgIpc) is 2.68. The van der Waals surface area contributed by atoms with Crippen molar-refractivity contribution < 1.29 is 17.9 Å². The Morgan fingerprint density at radius 2 is 1.67 bits per heavy atom. The van der Waals surface area contributed by atoms with Crippen LogP contribution in [0.1, 0.15) is 29.9 Å². The van der Waals surface area contributed by atoms with Gasteiger partial charge in [0, 0.05) is 23.1 Å². The van der Waals surface area contributed by atoms with Crippen LogP contribution in [0.5, 0.6) is 5.75 Å². The molecule has 0 saturated heterocycles. The van der Waals surface area contributed by atoms with Crippen LogP contribution in [0.3, 0.4) is 0 Å². The van der Waals surface area contributed by atoms with Crippen molar-refractivity contribution in [2.45, 2.75) is 31.8 Å². The lowest BCUT2D eigenvalue weighted by molar-refractivity contribution is 0.102. The zero-order valence-corrected chi connectivity index (χ0v) is 17.6.